The molecule has 0 saturated carbocycles. The normalized spacial score (nSPS) is 10.7. The molecule has 0 radical (unpaired) electrons. The van der Waals surface area contributed by atoms with Crippen LogP contribution in [0, 0.1) is 6.92 Å². The molecule has 1 aromatic carbocycles. The standard InChI is InChI=1S/C16H17NO2/c1-12-10-15(18-2)14(16(11-12)19-3)5-4-13-6-8-17-9-7-13/h4-11H,1-3H3/b5-4+. The van der Waals surface area contributed by atoms with E-state index in [1.807, 2.05) is 43.3 Å². The van der Waals surface area contributed by atoms with Gasteiger partial charge in [0.25, 0.3) is 0 Å². The molecule has 0 fully saturated rings. The van der Waals surface area contributed by atoms with Crippen molar-refractivity contribution < 1.29 is 9.47 Å². The number of aromatic nitrogens is 1. The molecular weight excluding hydrogens is 238 g/mol. The van der Waals surface area contributed by atoms with Crippen molar-refractivity contribution in [2.24, 2.45) is 0 Å². The molecule has 0 atom stereocenters. The maximum Gasteiger partial charge on any atom is 0.130 e. The van der Waals surface area contributed by atoms with Crippen LogP contribution >= 0.6 is 0 Å². The van der Waals surface area contributed by atoms with Gasteiger partial charge in [-0.05, 0) is 48.4 Å². The molecule has 0 bridgehead atoms. The predicted octanol–water partition coefficient (Wildman–Crippen LogP) is 3.58. The van der Waals surface area contributed by atoms with Gasteiger partial charge in [0.15, 0.2) is 0 Å². The maximum absolute atomic E-state index is 5.41. The zero-order chi connectivity index (χ0) is 13.7. The van der Waals surface area contributed by atoms with E-state index in [9.17, 15) is 0 Å². The van der Waals surface area contributed by atoms with Gasteiger partial charge in [-0.2, -0.15) is 0 Å². The van der Waals surface area contributed by atoms with Crippen LogP contribution in [0.1, 0.15) is 16.7 Å². The number of benzene rings is 1. The summed E-state index contributed by atoms with van der Waals surface area (Å²) >= 11 is 0. The number of pyridine rings is 1. The number of aryl methyl sites for hydroxylation is 1. The Morgan fingerprint density at radius 3 is 2.05 bits per heavy atom. The van der Waals surface area contributed by atoms with Crippen LogP contribution in [0.15, 0.2) is 36.7 Å². The Morgan fingerprint density at radius 2 is 1.53 bits per heavy atom. The van der Waals surface area contributed by atoms with Crippen molar-refractivity contribution in [2.75, 3.05) is 14.2 Å². The molecule has 19 heavy (non-hydrogen) atoms. The van der Waals surface area contributed by atoms with E-state index in [1.165, 1.54) is 0 Å². The minimum absolute atomic E-state index is 0.808. The quantitative estimate of drug-likeness (QED) is 0.836. The summed E-state index contributed by atoms with van der Waals surface area (Å²) in [7, 11) is 3.33. The molecule has 98 valence electrons. The van der Waals surface area contributed by atoms with E-state index in [4.69, 9.17) is 9.47 Å². The van der Waals surface area contributed by atoms with Gasteiger partial charge in [-0.25, -0.2) is 0 Å². The molecular formula is C16H17NO2. The van der Waals surface area contributed by atoms with Crippen molar-refractivity contribution in [3.8, 4) is 11.5 Å². The van der Waals surface area contributed by atoms with Gasteiger partial charge in [0, 0.05) is 12.4 Å². The van der Waals surface area contributed by atoms with E-state index in [2.05, 4.69) is 4.98 Å². The highest BCUT2D eigenvalue weighted by molar-refractivity contribution is 5.76. The molecule has 2 rings (SSSR count). The van der Waals surface area contributed by atoms with Crippen molar-refractivity contribution in [3.05, 3.63) is 53.3 Å². The summed E-state index contributed by atoms with van der Waals surface area (Å²) in [4.78, 5) is 4.00. The first-order valence-corrected chi connectivity index (χ1v) is 6.05. The molecule has 1 aromatic heterocycles. The Labute approximate surface area is 113 Å². The van der Waals surface area contributed by atoms with Crippen LogP contribution in [0.5, 0.6) is 11.5 Å². The first-order valence-electron chi connectivity index (χ1n) is 6.05. The Hall–Kier alpha value is -2.29. The van der Waals surface area contributed by atoms with Gasteiger partial charge >= 0.3 is 0 Å². The fourth-order valence-corrected chi connectivity index (χ4v) is 1.89. The number of nitrogens with zero attached hydrogens (tertiary/aromatic N) is 1. The summed E-state index contributed by atoms with van der Waals surface area (Å²) < 4.78 is 10.8. The molecule has 2 aromatic rings. The van der Waals surface area contributed by atoms with Crippen LogP contribution in [0.25, 0.3) is 12.2 Å². The minimum atomic E-state index is 0.808. The molecule has 0 amide bonds. The SMILES string of the molecule is COc1cc(C)cc(OC)c1/C=C/c1ccncc1. The summed E-state index contributed by atoms with van der Waals surface area (Å²) in [6, 6.07) is 7.89. The number of methoxy groups -OCH3 is 2. The van der Waals surface area contributed by atoms with Crippen molar-refractivity contribution in [2.45, 2.75) is 6.92 Å². The molecule has 0 unspecified atom stereocenters. The third-order valence-electron chi connectivity index (χ3n) is 2.84. The van der Waals surface area contributed by atoms with E-state index < -0.39 is 0 Å². The maximum atomic E-state index is 5.41. The highest BCUT2D eigenvalue weighted by Gasteiger charge is 2.08. The Bertz CT molecular complexity index is 552. The number of hydrogen-bond donors (Lipinski definition) is 0. The van der Waals surface area contributed by atoms with Crippen molar-refractivity contribution in [3.63, 3.8) is 0 Å². The summed E-state index contributed by atoms with van der Waals surface area (Å²) in [6.07, 6.45) is 7.54. The van der Waals surface area contributed by atoms with Crippen LogP contribution in [0.4, 0.5) is 0 Å². The molecule has 0 aliphatic carbocycles. The molecule has 0 aliphatic rings. The lowest BCUT2D eigenvalue weighted by Gasteiger charge is -2.11. The summed E-state index contributed by atoms with van der Waals surface area (Å²) in [5, 5.41) is 0. The second-order valence-corrected chi connectivity index (χ2v) is 4.20. The molecule has 1 heterocycles. The van der Waals surface area contributed by atoms with Gasteiger partial charge in [0.1, 0.15) is 11.5 Å². The first kappa shape index (κ1) is 13.1. The van der Waals surface area contributed by atoms with Gasteiger partial charge in [-0.3, -0.25) is 4.98 Å². The fraction of sp³-hybridized carbons (Fsp3) is 0.188. The second kappa shape index (κ2) is 6.05. The average molecular weight is 255 g/mol. The molecule has 3 nitrogen and oxygen atoms in total. The van der Waals surface area contributed by atoms with Crippen LogP contribution in [-0.4, -0.2) is 19.2 Å². The van der Waals surface area contributed by atoms with Gasteiger partial charge in [0.05, 0.1) is 19.8 Å². The zero-order valence-corrected chi connectivity index (χ0v) is 11.4. The van der Waals surface area contributed by atoms with Gasteiger partial charge in [-0.1, -0.05) is 6.08 Å². The van der Waals surface area contributed by atoms with E-state index in [-0.39, 0.29) is 0 Å². The molecule has 0 spiro atoms. The lowest BCUT2D eigenvalue weighted by molar-refractivity contribution is 0.392. The molecule has 0 N–H and O–H groups in total. The Balaban J connectivity index is 2.41. The monoisotopic (exact) mass is 255 g/mol. The van der Waals surface area contributed by atoms with Gasteiger partial charge in [0.2, 0.25) is 0 Å². The van der Waals surface area contributed by atoms with E-state index in [0.29, 0.717) is 0 Å². The lowest BCUT2D eigenvalue weighted by atomic mass is 10.1. The van der Waals surface area contributed by atoms with Gasteiger partial charge < -0.3 is 9.47 Å². The Morgan fingerprint density at radius 1 is 0.947 bits per heavy atom. The van der Waals surface area contributed by atoms with E-state index in [0.717, 1.165) is 28.2 Å². The number of rotatable bonds is 4. The summed E-state index contributed by atoms with van der Waals surface area (Å²) in [5.74, 6) is 1.62. The van der Waals surface area contributed by atoms with Crippen molar-refractivity contribution in [1.29, 1.82) is 0 Å². The smallest absolute Gasteiger partial charge is 0.130 e. The third-order valence-corrected chi connectivity index (χ3v) is 2.84. The average Bonchev–Trinajstić information content (AvgIpc) is 2.46. The molecule has 0 saturated heterocycles. The first-order chi connectivity index (χ1) is 9.24. The van der Waals surface area contributed by atoms with E-state index >= 15 is 0 Å². The number of ether oxygens (including phenoxy) is 2. The predicted molar refractivity (Wildman–Crippen MR) is 77.4 cm³/mol. The Kier molecular flexibility index (Phi) is 4.18. The van der Waals surface area contributed by atoms with Gasteiger partial charge in [-0.15, -0.1) is 0 Å². The lowest BCUT2D eigenvalue weighted by Crippen LogP contribution is -1.93. The van der Waals surface area contributed by atoms with Crippen LogP contribution < -0.4 is 9.47 Å². The number of hydrogen-bond acceptors (Lipinski definition) is 3. The second-order valence-electron chi connectivity index (χ2n) is 4.20. The topological polar surface area (TPSA) is 31.4 Å². The van der Waals surface area contributed by atoms with Crippen molar-refractivity contribution >= 4 is 12.2 Å². The zero-order valence-electron chi connectivity index (χ0n) is 11.4. The minimum Gasteiger partial charge on any atom is -0.496 e. The van der Waals surface area contributed by atoms with Crippen molar-refractivity contribution in [1.82, 2.24) is 4.98 Å². The fourth-order valence-electron chi connectivity index (χ4n) is 1.89. The highest BCUT2D eigenvalue weighted by Crippen LogP contribution is 2.32. The third kappa shape index (κ3) is 3.13. The van der Waals surface area contributed by atoms with E-state index in [1.54, 1.807) is 26.6 Å². The largest absolute Gasteiger partial charge is 0.496 e. The van der Waals surface area contributed by atoms with Crippen LogP contribution in [0.3, 0.4) is 0 Å². The highest BCUT2D eigenvalue weighted by atomic mass is 16.5. The molecule has 0 aliphatic heterocycles. The van der Waals surface area contributed by atoms with Crippen LogP contribution in [-0.2, 0) is 0 Å². The summed E-state index contributed by atoms with van der Waals surface area (Å²) in [6.45, 7) is 2.02. The van der Waals surface area contributed by atoms with Crippen LogP contribution in [0.2, 0.25) is 0 Å². The summed E-state index contributed by atoms with van der Waals surface area (Å²) in [5.41, 5.74) is 3.13. The molecule has 3 heteroatoms.